The molecule has 2 heteroatoms. The summed E-state index contributed by atoms with van der Waals surface area (Å²) < 4.78 is 0. The van der Waals surface area contributed by atoms with Crippen molar-refractivity contribution in [3.05, 3.63) is 22.4 Å². The first-order valence-electron chi connectivity index (χ1n) is 6.79. The summed E-state index contributed by atoms with van der Waals surface area (Å²) in [6.07, 6.45) is 7.52. The van der Waals surface area contributed by atoms with Gasteiger partial charge in [-0.2, -0.15) is 5.26 Å². The van der Waals surface area contributed by atoms with E-state index in [-0.39, 0.29) is 0 Å². The number of hydrogen-bond acceptors (Lipinski definition) is 2. The Bertz CT molecular complexity index is 390. The molecule has 1 aliphatic heterocycles. The highest BCUT2D eigenvalue weighted by Crippen LogP contribution is 2.34. The minimum Gasteiger partial charge on any atom is -0.375 e. The molecule has 0 bridgehead atoms. The Morgan fingerprint density at radius 2 is 1.82 bits per heavy atom. The van der Waals surface area contributed by atoms with Crippen molar-refractivity contribution in [1.29, 1.82) is 5.26 Å². The minimum absolute atomic E-state index is 0.914. The van der Waals surface area contributed by atoms with Gasteiger partial charge in [0.1, 0.15) is 0 Å². The van der Waals surface area contributed by atoms with Crippen molar-refractivity contribution >= 4 is 0 Å². The van der Waals surface area contributed by atoms with Crippen molar-refractivity contribution in [2.24, 2.45) is 0 Å². The number of likely N-dealkylation sites (tertiary alicyclic amines) is 1. The standard InChI is InChI=1S/C15H22N2/c1-12(11-16)14-7-6-8-15(13(14)2)17-9-4-3-5-10-17/h3-10H2,1-2H3/b14-12-. The van der Waals surface area contributed by atoms with Gasteiger partial charge in [0.15, 0.2) is 0 Å². The van der Waals surface area contributed by atoms with Gasteiger partial charge in [0, 0.05) is 24.4 Å². The van der Waals surface area contributed by atoms with Crippen LogP contribution in [0.3, 0.4) is 0 Å². The third-order valence-electron chi connectivity index (χ3n) is 4.08. The van der Waals surface area contributed by atoms with Crippen molar-refractivity contribution in [2.75, 3.05) is 13.1 Å². The van der Waals surface area contributed by atoms with Crippen LogP contribution in [0, 0.1) is 11.3 Å². The molecule has 1 heterocycles. The second-order valence-corrected chi connectivity index (χ2v) is 5.19. The van der Waals surface area contributed by atoms with Gasteiger partial charge in [-0.25, -0.2) is 0 Å². The maximum Gasteiger partial charge on any atom is 0.0947 e. The largest absolute Gasteiger partial charge is 0.375 e. The SMILES string of the molecule is CC1=C(N2CCCCC2)CCC/C1=C(\C)C#N. The van der Waals surface area contributed by atoms with E-state index in [9.17, 15) is 0 Å². The second-order valence-electron chi connectivity index (χ2n) is 5.19. The van der Waals surface area contributed by atoms with E-state index in [1.807, 2.05) is 6.92 Å². The quantitative estimate of drug-likeness (QED) is 0.641. The summed E-state index contributed by atoms with van der Waals surface area (Å²) in [5.41, 5.74) is 5.12. The highest BCUT2D eigenvalue weighted by molar-refractivity contribution is 5.43. The molecule has 0 saturated carbocycles. The van der Waals surface area contributed by atoms with E-state index >= 15 is 0 Å². The molecule has 17 heavy (non-hydrogen) atoms. The van der Waals surface area contributed by atoms with Gasteiger partial charge in [0.25, 0.3) is 0 Å². The van der Waals surface area contributed by atoms with Crippen molar-refractivity contribution in [2.45, 2.75) is 52.4 Å². The molecule has 0 atom stereocenters. The zero-order chi connectivity index (χ0) is 12.3. The maximum absolute atomic E-state index is 9.06. The summed E-state index contributed by atoms with van der Waals surface area (Å²) in [6, 6.07) is 2.32. The van der Waals surface area contributed by atoms with E-state index in [0.29, 0.717) is 0 Å². The van der Waals surface area contributed by atoms with Gasteiger partial charge in [0.2, 0.25) is 0 Å². The van der Waals surface area contributed by atoms with E-state index in [4.69, 9.17) is 5.26 Å². The van der Waals surface area contributed by atoms with Gasteiger partial charge < -0.3 is 4.90 Å². The smallest absolute Gasteiger partial charge is 0.0947 e. The van der Waals surface area contributed by atoms with Gasteiger partial charge in [-0.05, 0) is 63.5 Å². The highest BCUT2D eigenvalue weighted by atomic mass is 15.1. The molecule has 0 aromatic rings. The predicted octanol–water partition coefficient (Wildman–Crippen LogP) is 3.77. The normalized spacial score (nSPS) is 24.6. The van der Waals surface area contributed by atoms with Gasteiger partial charge in [0.05, 0.1) is 6.07 Å². The minimum atomic E-state index is 0.914. The molecular formula is C15H22N2. The Labute approximate surface area is 105 Å². The van der Waals surface area contributed by atoms with Crippen molar-refractivity contribution in [3.63, 3.8) is 0 Å². The van der Waals surface area contributed by atoms with E-state index in [2.05, 4.69) is 17.9 Å². The number of rotatable bonds is 1. The molecule has 0 aromatic heterocycles. The van der Waals surface area contributed by atoms with Crippen LogP contribution in [0.5, 0.6) is 0 Å². The summed E-state index contributed by atoms with van der Waals surface area (Å²) in [5, 5.41) is 9.06. The van der Waals surface area contributed by atoms with Gasteiger partial charge in [-0.1, -0.05) is 0 Å². The van der Waals surface area contributed by atoms with E-state index in [1.165, 1.54) is 62.0 Å². The fourth-order valence-corrected chi connectivity index (χ4v) is 3.08. The summed E-state index contributed by atoms with van der Waals surface area (Å²) >= 11 is 0. The van der Waals surface area contributed by atoms with Crippen molar-refractivity contribution < 1.29 is 0 Å². The fourth-order valence-electron chi connectivity index (χ4n) is 3.08. The Hall–Kier alpha value is -1.23. The lowest BCUT2D eigenvalue weighted by Gasteiger charge is -2.35. The van der Waals surface area contributed by atoms with Crippen LogP contribution in [0.2, 0.25) is 0 Å². The fraction of sp³-hybridized carbons (Fsp3) is 0.667. The molecular weight excluding hydrogens is 208 g/mol. The first-order chi connectivity index (χ1) is 8.24. The second kappa shape index (κ2) is 5.40. The number of hydrogen-bond donors (Lipinski definition) is 0. The number of piperidine rings is 1. The molecule has 0 aromatic carbocycles. The number of allylic oxidation sites excluding steroid dienone is 4. The zero-order valence-electron chi connectivity index (χ0n) is 11.1. The van der Waals surface area contributed by atoms with E-state index in [0.717, 1.165) is 12.0 Å². The third kappa shape index (κ3) is 2.54. The lowest BCUT2D eigenvalue weighted by Crippen LogP contribution is -2.31. The van der Waals surface area contributed by atoms with Crippen LogP contribution in [-0.4, -0.2) is 18.0 Å². The molecule has 2 rings (SSSR count). The van der Waals surface area contributed by atoms with E-state index in [1.54, 1.807) is 0 Å². The Kier molecular flexibility index (Phi) is 3.89. The summed E-state index contributed by atoms with van der Waals surface area (Å²) in [5.74, 6) is 0. The van der Waals surface area contributed by atoms with Crippen molar-refractivity contribution in [1.82, 2.24) is 4.90 Å². The van der Waals surface area contributed by atoms with Gasteiger partial charge in [-0.15, -0.1) is 0 Å². The molecule has 92 valence electrons. The monoisotopic (exact) mass is 230 g/mol. The lowest BCUT2D eigenvalue weighted by molar-refractivity contribution is 0.270. The third-order valence-corrected chi connectivity index (χ3v) is 4.08. The lowest BCUT2D eigenvalue weighted by atomic mass is 9.88. The summed E-state index contributed by atoms with van der Waals surface area (Å²) in [7, 11) is 0. The average Bonchev–Trinajstić information content (AvgIpc) is 2.39. The molecule has 0 N–H and O–H groups in total. The van der Waals surface area contributed by atoms with Crippen LogP contribution >= 0.6 is 0 Å². The maximum atomic E-state index is 9.06. The van der Waals surface area contributed by atoms with Crippen LogP contribution < -0.4 is 0 Å². The molecule has 2 aliphatic rings. The molecule has 0 unspecified atom stereocenters. The van der Waals surface area contributed by atoms with Crippen LogP contribution in [0.1, 0.15) is 52.4 Å². The van der Waals surface area contributed by atoms with Crippen LogP contribution in [0.15, 0.2) is 22.4 Å². The van der Waals surface area contributed by atoms with Crippen LogP contribution in [0.25, 0.3) is 0 Å². The average molecular weight is 230 g/mol. The first kappa shape index (κ1) is 12.2. The highest BCUT2D eigenvalue weighted by Gasteiger charge is 2.21. The molecule has 2 nitrogen and oxygen atoms in total. The Morgan fingerprint density at radius 3 is 2.47 bits per heavy atom. The Morgan fingerprint density at radius 1 is 1.12 bits per heavy atom. The molecule has 1 saturated heterocycles. The van der Waals surface area contributed by atoms with Crippen LogP contribution in [0.4, 0.5) is 0 Å². The summed E-state index contributed by atoms with van der Waals surface area (Å²) in [4.78, 5) is 2.56. The van der Waals surface area contributed by atoms with Gasteiger partial charge in [-0.3, -0.25) is 0 Å². The Balaban J connectivity index is 2.28. The van der Waals surface area contributed by atoms with Crippen LogP contribution in [-0.2, 0) is 0 Å². The van der Waals surface area contributed by atoms with Crippen molar-refractivity contribution in [3.8, 4) is 6.07 Å². The molecule has 0 radical (unpaired) electrons. The molecule has 0 amide bonds. The predicted molar refractivity (Wildman–Crippen MR) is 70.3 cm³/mol. The van der Waals surface area contributed by atoms with Gasteiger partial charge >= 0.3 is 0 Å². The molecule has 0 spiro atoms. The zero-order valence-corrected chi connectivity index (χ0v) is 11.1. The summed E-state index contributed by atoms with van der Waals surface area (Å²) in [6.45, 7) is 6.59. The number of nitrogens with zero attached hydrogens (tertiary/aromatic N) is 2. The van der Waals surface area contributed by atoms with E-state index < -0.39 is 0 Å². The molecule has 1 fully saturated rings. The number of nitriles is 1. The topological polar surface area (TPSA) is 27.0 Å². The first-order valence-corrected chi connectivity index (χ1v) is 6.79. The molecule has 1 aliphatic carbocycles.